The highest BCUT2D eigenvalue weighted by Crippen LogP contribution is 2.43. The molecule has 0 atom stereocenters. The van der Waals surface area contributed by atoms with Crippen LogP contribution in [0, 0.1) is 6.57 Å². The lowest BCUT2D eigenvalue weighted by Gasteiger charge is -2.40. The first-order valence-electron chi connectivity index (χ1n) is 12.1. The molecule has 1 aliphatic heterocycles. The molecule has 0 radical (unpaired) electrons. The molecule has 0 unspecified atom stereocenters. The number of hydrogen-bond acceptors (Lipinski definition) is 4. The smallest absolute Gasteiger partial charge is 0.270 e. The molecule has 7 heteroatoms. The maximum absolute atomic E-state index is 13.8. The number of hydrogen-bond donors (Lipinski definition) is 0. The van der Waals surface area contributed by atoms with Crippen LogP contribution < -0.4 is 9.64 Å². The van der Waals surface area contributed by atoms with Gasteiger partial charge in [-0.3, -0.25) is 9.59 Å². The van der Waals surface area contributed by atoms with E-state index in [1.54, 1.807) is 38.0 Å². The number of carbonyl (C=O) groups excluding carboxylic acids is 2. The highest BCUT2D eigenvalue weighted by Gasteiger charge is 2.42. The third-order valence-corrected chi connectivity index (χ3v) is 6.58. The molecule has 1 aromatic carbocycles. The van der Waals surface area contributed by atoms with Gasteiger partial charge in [-0.15, -0.1) is 0 Å². The van der Waals surface area contributed by atoms with Gasteiger partial charge >= 0.3 is 0 Å². The molecule has 7 nitrogen and oxygen atoms in total. The number of unbranched alkanes of at least 4 members (excludes halogenated alkanes) is 1. The van der Waals surface area contributed by atoms with Gasteiger partial charge in [0.25, 0.3) is 5.91 Å². The molecular formula is C26H37N3O4. The summed E-state index contributed by atoms with van der Waals surface area (Å²) in [6.07, 6.45) is 7.01. The number of methoxy groups -OCH3 is 1. The van der Waals surface area contributed by atoms with Crippen LogP contribution in [0.4, 0.5) is 11.4 Å². The predicted molar refractivity (Wildman–Crippen MR) is 129 cm³/mol. The molecule has 1 heterocycles. The zero-order valence-electron chi connectivity index (χ0n) is 20.6. The summed E-state index contributed by atoms with van der Waals surface area (Å²) in [6.45, 7) is 16.4. The maximum Gasteiger partial charge on any atom is 0.270 e. The Kier molecular flexibility index (Phi) is 8.01. The van der Waals surface area contributed by atoms with Crippen molar-refractivity contribution in [1.29, 1.82) is 0 Å². The van der Waals surface area contributed by atoms with Crippen molar-refractivity contribution >= 4 is 23.2 Å². The number of anilines is 1. The topological polar surface area (TPSA) is 63.4 Å². The summed E-state index contributed by atoms with van der Waals surface area (Å²) in [5, 5.41) is 0. The lowest BCUT2D eigenvalue weighted by Crippen LogP contribution is -2.53. The van der Waals surface area contributed by atoms with Gasteiger partial charge in [-0.05, 0) is 65.5 Å². The van der Waals surface area contributed by atoms with Crippen LogP contribution in [0.3, 0.4) is 0 Å². The molecule has 33 heavy (non-hydrogen) atoms. The fourth-order valence-corrected chi connectivity index (χ4v) is 4.93. The Bertz CT molecular complexity index is 913. The molecule has 0 bridgehead atoms. The first-order valence-corrected chi connectivity index (χ1v) is 12.1. The summed E-state index contributed by atoms with van der Waals surface area (Å²) in [5.41, 5.74) is 0.149. The van der Waals surface area contributed by atoms with Crippen molar-refractivity contribution in [2.45, 2.75) is 90.3 Å². The van der Waals surface area contributed by atoms with Gasteiger partial charge in [-0.2, -0.15) is 0 Å². The molecular weight excluding hydrogens is 418 g/mol. The monoisotopic (exact) mass is 455 g/mol. The minimum atomic E-state index is -1.04. The maximum atomic E-state index is 13.8. The predicted octanol–water partition coefficient (Wildman–Crippen LogP) is 5.35. The van der Waals surface area contributed by atoms with Crippen LogP contribution in [0.5, 0.6) is 5.75 Å². The van der Waals surface area contributed by atoms with Gasteiger partial charge in [0.2, 0.25) is 11.6 Å². The van der Waals surface area contributed by atoms with E-state index in [1.165, 1.54) is 6.42 Å². The van der Waals surface area contributed by atoms with Crippen molar-refractivity contribution < 1.29 is 19.1 Å². The van der Waals surface area contributed by atoms with Crippen LogP contribution in [-0.2, 0) is 9.53 Å². The molecule has 180 valence electrons. The fraction of sp³-hybridized carbons (Fsp3) is 0.654. The van der Waals surface area contributed by atoms with Gasteiger partial charge in [0, 0.05) is 37.9 Å². The van der Waals surface area contributed by atoms with Gasteiger partial charge in [-0.25, -0.2) is 4.85 Å². The summed E-state index contributed by atoms with van der Waals surface area (Å²) < 4.78 is 11.2. The summed E-state index contributed by atoms with van der Waals surface area (Å²) in [7, 11) is 1.66. The van der Waals surface area contributed by atoms with Gasteiger partial charge < -0.3 is 19.3 Å². The van der Waals surface area contributed by atoms with E-state index in [9.17, 15) is 9.59 Å². The van der Waals surface area contributed by atoms with Crippen molar-refractivity contribution in [2.75, 3.05) is 25.2 Å². The molecule has 0 aromatic heterocycles. The zero-order chi connectivity index (χ0) is 24.2. The minimum absolute atomic E-state index is 0.0252. The van der Waals surface area contributed by atoms with Crippen molar-refractivity contribution in [3.8, 4) is 5.75 Å². The van der Waals surface area contributed by atoms with E-state index in [-0.39, 0.29) is 29.6 Å². The van der Waals surface area contributed by atoms with E-state index in [4.69, 9.17) is 16.0 Å². The Balaban J connectivity index is 2.01. The van der Waals surface area contributed by atoms with Crippen LogP contribution >= 0.6 is 0 Å². The van der Waals surface area contributed by atoms with E-state index in [0.717, 1.165) is 38.5 Å². The molecule has 1 fully saturated rings. The third-order valence-electron chi connectivity index (χ3n) is 6.58. The molecule has 2 aliphatic rings. The average Bonchev–Trinajstić information content (AvgIpc) is 2.78. The lowest BCUT2D eigenvalue weighted by molar-refractivity contribution is -0.132. The highest BCUT2D eigenvalue weighted by atomic mass is 16.5. The third kappa shape index (κ3) is 5.33. The summed E-state index contributed by atoms with van der Waals surface area (Å²) >= 11 is 0. The fourth-order valence-electron chi connectivity index (χ4n) is 4.93. The van der Waals surface area contributed by atoms with E-state index < -0.39 is 5.60 Å². The van der Waals surface area contributed by atoms with Crippen molar-refractivity contribution in [2.24, 2.45) is 0 Å². The molecule has 3 rings (SSSR count). The minimum Gasteiger partial charge on any atom is -0.477 e. The van der Waals surface area contributed by atoms with Crippen LogP contribution in [0.25, 0.3) is 4.85 Å². The summed E-state index contributed by atoms with van der Waals surface area (Å²) in [4.78, 5) is 34.3. The van der Waals surface area contributed by atoms with Crippen LogP contribution in [-0.4, -0.2) is 54.7 Å². The molecule has 1 saturated carbocycles. The van der Waals surface area contributed by atoms with Crippen LogP contribution in [0.15, 0.2) is 12.1 Å². The second-order valence-corrected chi connectivity index (χ2v) is 9.82. The van der Waals surface area contributed by atoms with E-state index in [2.05, 4.69) is 4.85 Å². The van der Waals surface area contributed by atoms with Crippen LogP contribution in [0.2, 0.25) is 0 Å². The van der Waals surface area contributed by atoms with E-state index in [0.29, 0.717) is 30.2 Å². The van der Waals surface area contributed by atoms with E-state index in [1.807, 2.05) is 18.7 Å². The first kappa shape index (κ1) is 25.0. The largest absolute Gasteiger partial charge is 0.477 e. The molecule has 2 amide bonds. The number of nitrogens with zero attached hydrogens (tertiary/aromatic N) is 3. The second-order valence-electron chi connectivity index (χ2n) is 9.82. The molecule has 0 saturated heterocycles. The highest BCUT2D eigenvalue weighted by molar-refractivity contribution is 6.07. The molecule has 1 aromatic rings. The Morgan fingerprint density at radius 2 is 1.97 bits per heavy atom. The molecule has 0 N–H and O–H groups in total. The summed E-state index contributed by atoms with van der Waals surface area (Å²) in [5.74, 6) is 0.194. The molecule has 1 aliphatic carbocycles. The second kappa shape index (κ2) is 10.6. The lowest BCUT2D eigenvalue weighted by atomic mass is 9.92. The first-order chi connectivity index (χ1) is 15.7. The Morgan fingerprint density at radius 1 is 1.27 bits per heavy atom. The number of fused-ring (bicyclic) bond motifs is 1. The Hall–Kier alpha value is -2.59. The van der Waals surface area contributed by atoms with Gasteiger partial charge in [0.15, 0.2) is 5.60 Å². The number of ether oxygens (including phenoxy) is 2. The van der Waals surface area contributed by atoms with Crippen LogP contribution in [0.1, 0.15) is 83.0 Å². The van der Waals surface area contributed by atoms with E-state index >= 15 is 0 Å². The Labute approximate surface area is 197 Å². The van der Waals surface area contributed by atoms with Gasteiger partial charge in [0.1, 0.15) is 5.75 Å². The number of amides is 2. The number of rotatable bonds is 8. The standard InChI is InChI=1S/C26H37N3O4/c1-18(2)29(19-12-8-7-9-13-19)24(30)20-16-22-23(17-21(20)27-5)33-26(3,4)25(31)28(22)14-10-11-15-32-6/h16-19H,7-15H2,1-4,6H3. The quantitative estimate of drug-likeness (QED) is 0.391. The zero-order valence-corrected chi connectivity index (χ0v) is 20.6. The normalized spacial score (nSPS) is 18.0. The molecule has 0 spiro atoms. The van der Waals surface area contributed by atoms with Gasteiger partial charge in [0.05, 0.1) is 12.3 Å². The van der Waals surface area contributed by atoms with Crippen molar-refractivity contribution in [3.63, 3.8) is 0 Å². The van der Waals surface area contributed by atoms with Crippen molar-refractivity contribution in [1.82, 2.24) is 4.90 Å². The number of benzene rings is 1. The SMILES string of the molecule is [C-]#[N+]c1cc2c(cc1C(=O)N(C(C)C)C1CCCCC1)N(CCCCOC)C(=O)C(C)(C)O2. The Morgan fingerprint density at radius 3 is 2.58 bits per heavy atom. The number of carbonyl (C=O) groups is 2. The van der Waals surface area contributed by atoms with Crippen molar-refractivity contribution in [3.05, 3.63) is 29.1 Å². The van der Waals surface area contributed by atoms with Gasteiger partial charge in [-0.1, -0.05) is 19.3 Å². The summed E-state index contributed by atoms with van der Waals surface area (Å²) in [6, 6.07) is 3.54. The average molecular weight is 456 g/mol.